The molecule has 1 aromatic rings. The fourth-order valence-corrected chi connectivity index (χ4v) is 1.03. The van der Waals surface area contributed by atoms with Crippen molar-refractivity contribution in [3.63, 3.8) is 0 Å². The largest absolute Gasteiger partial charge is 0.507 e. The fraction of sp³-hybridized carbons (Fsp3) is 0.300. The van der Waals surface area contributed by atoms with Gasteiger partial charge in [0.2, 0.25) is 0 Å². The molecule has 0 fully saturated rings. The van der Waals surface area contributed by atoms with Crippen molar-refractivity contribution in [1.82, 2.24) is 0 Å². The molecule has 76 valence electrons. The van der Waals surface area contributed by atoms with Gasteiger partial charge in [-0.2, -0.15) is 0 Å². The summed E-state index contributed by atoms with van der Waals surface area (Å²) in [5, 5.41) is 17.9. The maximum absolute atomic E-state index is 10.6. The minimum absolute atomic E-state index is 0.0267. The van der Waals surface area contributed by atoms with Crippen LogP contribution in [0.4, 0.5) is 0 Å². The summed E-state index contributed by atoms with van der Waals surface area (Å²) >= 11 is 0. The maximum Gasteiger partial charge on any atom is 0.339 e. The minimum Gasteiger partial charge on any atom is -0.507 e. The van der Waals surface area contributed by atoms with E-state index < -0.39 is 5.97 Å². The smallest absolute Gasteiger partial charge is 0.339 e. The van der Waals surface area contributed by atoms with Gasteiger partial charge in [0.25, 0.3) is 0 Å². The predicted molar refractivity (Wildman–Crippen MR) is 50.8 cm³/mol. The lowest BCUT2D eigenvalue weighted by Crippen LogP contribution is -2.06. The molecule has 0 aliphatic carbocycles. The Morgan fingerprint density at radius 1 is 1.43 bits per heavy atom. The zero-order chi connectivity index (χ0) is 10.7. The van der Waals surface area contributed by atoms with E-state index in [2.05, 4.69) is 0 Å². The normalized spacial score (nSPS) is 10.2. The number of carbonyl (C=O) groups is 1. The molecule has 0 bridgehead atoms. The number of phenols is 1. The van der Waals surface area contributed by atoms with E-state index in [1.165, 1.54) is 18.2 Å². The maximum atomic E-state index is 10.6. The number of aromatic hydroxyl groups is 1. The second-order valence-corrected chi connectivity index (χ2v) is 3.15. The third kappa shape index (κ3) is 2.39. The van der Waals surface area contributed by atoms with Crippen molar-refractivity contribution in [1.29, 1.82) is 0 Å². The highest BCUT2D eigenvalue weighted by Gasteiger charge is 2.10. The number of carboxylic acids is 1. The molecular weight excluding hydrogens is 184 g/mol. The molecule has 0 unspecified atom stereocenters. The van der Waals surface area contributed by atoms with Gasteiger partial charge in [-0.1, -0.05) is 0 Å². The van der Waals surface area contributed by atoms with E-state index in [0.717, 1.165) is 0 Å². The van der Waals surface area contributed by atoms with E-state index in [0.29, 0.717) is 5.75 Å². The molecule has 0 radical (unpaired) electrons. The van der Waals surface area contributed by atoms with Gasteiger partial charge < -0.3 is 14.9 Å². The van der Waals surface area contributed by atoms with E-state index in [1.807, 2.05) is 13.8 Å². The molecular formula is C10H12O4. The van der Waals surface area contributed by atoms with Gasteiger partial charge in [-0.25, -0.2) is 4.79 Å². The zero-order valence-electron chi connectivity index (χ0n) is 8.02. The van der Waals surface area contributed by atoms with Gasteiger partial charge >= 0.3 is 5.97 Å². The van der Waals surface area contributed by atoms with Crippen molar-refractivity contribution >= 4 is 5.97 Å². The van der Waals surface area contributed by atoms with Crippen molar-refractivity contribution in [2.45, 2.75) is 20.0 Å². The Hall–Kier alpha value is -1.71. The van der Waals surface area contributed by atoms with Crippen LogP contribution in [-0.4, -0.2) is 22.3 Å². The van der Waals surface area contributed by atoms with Crippen LogP contribution in [0.3, 0.4) is 0 Å². The highest BCUT2D eigenvalue weighted by Crippen LogP contribution is 2.23. The lowest BCUT2D eigenvalue weighted by Gasteiger charge is -2.10. The summed E-state index contributed by atoms with van der Waals surface area (Å²) in [4.78, 5) is 10.6. The van der Waals surface area contributed by atoms with Crippen LogP contribution < -0.4 is 4.74 Å². The molecule has 0 heterocycles. The first-order valence-electron chi connectivity index (χ1n) is 4.23. The summed E-state index contributed by atoms with van der Waals surface area (Å²) in [6, 6.07) is 4.14. The lowest BCUT2D eigenvalue weighted by molar-refractivity contribution is 0.0693. The quantitative estimate of drug-likeness (QED) is 0.774. The van der Waals surface area contributed by atoms with Crippen LogP contribution in [0.25, 0.3) is 0 Å². The Balaban J connectivity index is 3.00. The third-order valence-corrected chi connectivity index (χ3v) is 1.57. The predicted octanol–water partition coefficient (Wildman–Crippen LogP) is 1.88. The molecule has 0 saturated heterocycles. The van der Waals surface area contributed by atoms with Crippen molar-refractivity contribution in [3.05, 3.63) is 23.8 Å². The molecule has 0 amide bonds. The van der Waals surface area contributed by atoms with E-state index in [9.17, 15) is 9.90 Å². The second-order valence-electron chi connectivity index (χ2n) is 3.15. The second kappa shape index (κ2) is 4.00. The van der Waals surface area contributed by atoms with Crippen LogP contribution in [0.5, 0.6) is 11.5 Å². The molecule has 14 heavy (non-hydrogen) atoms. The van der Waals surface area contributed by atoms with Gasteiger partial charge in [0.05, 0.1) is 6.10 Å². The van der Waals surface area contributed by atoms with Gasteiger partial charge in [-0.15, -0.1) is 0 Å². The van der Waals surface area contributed by atoms with Crippen molar-refractivity contribution in [3.8, 4) is 11.5 Å². The van der Waals surface area contributed by atoms with Gasteiger partial charge in [0.15, 0.2) is 0 Å². The number of rotatable bonds is 3. The van der Waals surface area contributed by atoms with E-state index in [1.54, 1.807) is 0 Å². The van der Waals surface area contributed by atoms with Gasteiger partial charge in [0.1, 0.15) is 17.1 Å². The van der Waals surface area contributed by atoms with Crippen molar-refractivity contribution in [2.75, 3.05) is 0 Å². The molecule has 0 saturated carbocycles. The number of benzene rings is 1. The third-order valence-electron chi connectivity index (χ3n) is 1.57. The SMILES string of the molecule is CC(C)Oc1ccc(O)c(C(=O)O)c1. The van der Waals surface area contributed by atoms with Crippen LogP contribution in [0, 0.1) is 0 Å². The number of ether oxygens (including phenoxy) is 1. The van der Waals surface area contributed by atoms with Crippen LogP contribution in [0.2, 0.25) is 0 Å². The first-order chi connectivity index (χ1) is 6.50. The van der Waals surface area contributed by atoms with Crippen LogP contribution >= 0.6 is 0 Å². The Morgan fingerprint density at radius 3 is 2.57 bits per heavy atom. The number of hydrogen-bond acceptors (Lipinski definition) is 3. The lowest BCUT2D eigenvalue weighted by atomic mass is 10.2. The topological polar surface area (TPSA) is 66.8 Å². The summed E-state index contributed by atoms with van der Waals surface area (Å²) in [7, 11) is 0. The molecule has 1 aromatic carbocycles. The molecule has 4 heteroatoms. The summed E-state index contributed by atoms with van der Waals surface area (Å²) < 4.78 is 5.29. The summed E-state index contributed by atoms with van der Waals surface area (Å²) in [6.07, 6.45) is -0.0267. The van der Waals surface area contributed by atoms with Crippen molar-refractivity contribution in [2.24, 2.45) is 0 Å². The molecule has 0 aromatic heterocycles. The standard InChI is InChI=1S/C10H12O4/c1-6(2)14-7-3-4-9(11)8(5-7)10(12)13/h3-6,11H,1-2H3,(H,12,13). The highest BCUT2D eigenvalue weighted by molar-refractivity contribution is 5.91. The monoisotopic (exact) mass is 196 g/mol. The van der Waals surface area contributed by atoms with Crippen LogP contribution in [-0.2, 0) is 0 Å². The minimum atomic E-state index is -1.17. The summed E-state index contributed by atoms with van der Waals surface area (Å²) in [5.74, 6) is -0.986. The molecule has 0 atom stereocenters. The molecule has 0 spiro atoms. The Labute approximate surface area is 81.8 Å². The Morgan fingerprint density at radius 2 is 2.07 bits per heavy atom. The van der Waals surface area contributed by atoms with Crippen molar-refractivity contribution < 1.29 is 19.7 Å². The first-order valence-corrected chi connectivity index (χ1v) is 4.23. The van der Waals surface area contributed by atoms with E-state index in [4.69, 9.17) is 9.84 Å². The first kappa shape index (κ1) is 10.4. The molecule has 2 N–H and O–H groups in total. The highest BCUT2D eigenvalue weighted by atomic mass is 16.5. The summed E-state index contributed by atoms with van der Waals surface area (Å²) in [6.45, 7) is 3.68. The van der Waals surface area contributed by atoms with E-state index >= 15 is 0 Å². The fourth-order valence-electron chi connectivity index (χ4n) is 1.03. The summed E-state index contributed by atoms with van der Waals surface area (Å²) in [5.41, 5.74) is -0.150. The molecule has 0 aliphatic rings. The Kier molecular flexibility index (Phi) is 2.96. The van der Waals surface area contributed by atoms with Crippen LogP contribution in [0.15, 0.2) is 18.2 Å². The van der Waals surface area contributed by atoms with Gasteiger partial charge in [-0.3, -0.25) is 0 Å². The van der Waals surface area contributed by atoms with Gasteiger partial charge in [-0.05, 0) is 32.0 Å². The molecule has 0 aliphatic heterocycles. The zero-order valence-corrected chi connectivity index (χ0v) is 8.02. The Bertz CT molecular complexity index is 344. The number of aromatic carboxylic acids is 1. The van der Waals surface area contributed by atoms with E-state index in [-0.39, 0.29) is 17.4 Å². The number of carboxylic acid groups (broad SMARTS) is 1. The molecule has 1 rings (SSSR count). The average molecular weight is 196 g/mol. The average Bonchev–Trinajstić information content (AvgIpc) is 2.07. The van der Waals surface area contributed by atoms with Gasteiger partial charge in [0, 0.05) is 0 Å². The number of hydrogen-bond donors (Lipinski definition) is 2. The molecule has 4 nitrogen and oxygen atoms in total. The van der Waals surface area contributed by atoms with Crippen LogP contribution in [0.1, 0.15) is 24.2 Å².